The number of aliphatic imine (C=N–C) groups is 1. The van der Waals surface area contributed by atoms with Crippen molar-refractivity contribution in [2.75, 3.05) is 32.6 Å². The van der Waals surface area contributed by atoms with Gasteiger partial charge in [0, 0.05) is 37.4 Å². The molecule has 2 fully saturated rings. The first-order valence-electron chi connectivity index (χ1n) is 11.1. The molecule has 0 spiro atoms. The van der Waals surface area contributed by atoms with E-state index < -0.39 is 21.9 Å². The van der Waals surface area contributed by atoms with Crippen molar-refractivity contribution in [2.45, 2.75) is 25.0 Å². The Labute approximate surface area is 206 Å². The lowest BCUT2D eigenvalue weighted by molar-refractivity contribution is 0.0829. The van der Waals surface area contributed by atoms with E-state index in [2.05, 4.69) is 19.9 Å². The average Bonchev–Trinajstić information content (AvgIpc) is 3.48. The van der Waals surface area contributed by atoms with Gasteiger partial charge in [-0.05, 0) is 25.0 Å². The first-order chi connectivity index (χ1) is 16.7. The Balaban J connectivity index is 1.42. The maximum absolute atomic E-state index is 14.9. The Hall–Kier alpha value is -2.51. The quantitative estimate of drug-likeness (QED) is 0.511. The van der Waals surface area contributed by atoms with Crippen LogP contribution in [0.15, 0.2) is 29.6 Å². The van der Waals surface area contributed by atoms with Crippen molar-refractivity contribution in [3.05, 3.63) is 35.5 Å². The van der Waals surface area contributed by atoms with Gasteiger partial charge in [0.05, 0.1) is 53.8 Å². The predicted molar refractivity (Wildman–Crippen MR) is 129 cm³/mol. The first-order valence-corrected chi connectivity index (χ1v) is 13.4. The molecule has 2 aromatic heterocycles. The van der Waals surface area contributed by atoms with Gasteiger partial charge in [-0.25, -0.2) is 32.8 Å². The summed E-state index contributed by atoms with van der Waals surface area (Å²) in [6.45, 7) is 1.48. The molecule has 1 aromatic carbocycles. The molecular formula is C22H24ClFN6O4S. The molecule has 2 saturated heterocycles. The number of rotatable bonds is 5. The third-order valence-corrected chi connectivity index (χ3v) is 7.93. The van der Waals surface area contributed by atoms with E-state index >= 15 is 0 Å². The molecule has 4 heterocycles. The summed E-state index contributed by atoms with van der Waals surface area (Å²) in [5.74, 6) is -0.747. The lowest BCUT2D eigenvalue weighted by atomic mass is 9.96. The van der Waals surface area contributed by atoms with Gasteiger partial charge in [-0.2, -0.15) is 4.31 Å². The molecule has 5 rings (SSSR count). The minimum absolute atomic E-state index is 0.00124. The Kier molecular flexibility index (Phi) is 6.57. The summed E-state index contributed by atoms with van der Waals surface area (Å²) in [6, 6.07) is 3.20. The molecular weight excluding hydrogens is 499 g/mol. The van der Waals surface area contributed by atoms with Gasteiger partial charge < -0.3 is 14.4 Å². The molecule has 186 valence electrons. The summed E-state index contributed by atoms with van der Waals surface area (Å²) in [7, 11) is -3.37. The van der Waals surface area contributed by atoms with Gasteiger partial charge in [0.15, 0.2) is 5.82 Å². The van der Waals surface area contributed by atoms with Crippen LogP contribution in [-0.2, 0) is 14.8 Å². The largest absolute Gasteiger partial charge is 0.391 e. The zero-order chi connectivity index (χ0) is 24.7. The molecule has 0 saturated carbocycles. The van der Waals surface area contributed by atoms with Gasteiger partial charge in [0.25, 0.3) is 0 Å². The normalized spacial score (nSPS) is 24.1. The molecule has 0 aliphatic carbocycles. The van der Waals surface area contributed by atoms with E-state index in [9.17, 15) is 17.9 Å². The standard InChI is InChI=1S/C22H24ClFN6O4S/c1-35(32,33)29-4-2-13(19(31)10-29)8-25-22-26-9-16(23)20(28-22)14-6-17(24)21-18(7-14)30(12-27-21)15-3-5-34-11-15/h6-9,12-13,15,19,31H,2-5,10-11H2,1H3/t13-,15?,19+/m0/s1. The predicted octanol–water partition coefficient (Wildman–Crippen LogP) is 2.59. The smallest absolute Gasteiger partial charge is 0.249 e. The van der Waals surface area contributed by atoms with Crippen LogP contribution in [0, 0.1) is 11.7 Å². The molecule has 0 amide bonds. The van der Waals surface area contributed by atoms with Crippen LogP contribution in [0.2, 0.25) is 5.02 Å². The van der Waals surface area contributed by atoms with Crippen molar-refractivity contribution >= 4 is 44.8 Å². The second-order valence-corrected chi connectivity index (χ2v) is 11.2. The van der Waals surface area contributed by atoms with Crippen LogP contribution in [0.5, 0.6) is 0 Å². The zero-order valence-corrected chi connectivity index (χ0v) is 20.5. The fourth-order valence-electron chi connectivity index (χ4n) is 4.44. The fraction of sp³-hybridized carbons (Fsp3) is 0.455. The summed E-state index contributed by atoms with van der Waals surface area (Å²) in [6.07, 6.45) is 5.99. The number of imidazole rings is 1. The van der Waals surface area contributed by atoms with E-state index in [4.69, 9.17) is 16.3 Å². The lowest BCUT2D eigenvalue weighted by Gasteiger charge is -2.32. The highest BCUT2D eigenvalue weighted by Gasteiger charge is 2.31. The molecule has 1 unspecified atom stereocenters. The third kappa shape index (κ3) is 4.94. The van der Waals surface area contributed by atoms with E-state index in [0.717, 1.165) is 12.7 Å². The van der Waals surface area contributed by atoms with Gasteiger partial charge in [0.1, 0.15) is 5.52 Å². The maximum Gasteiger partial charge on any atom is 0.249 e. The number of hydrogen-bond acceptors (Lipinski definition) is 8. The minimum atomic E-state index is -3.37. The van der Waals surface area contributed by atoms with Gasteiger partial charge in [-0.1, -0.05) is 11.6 Å². The van der Waals surface area contributed by atoms with Crippen molar-refractivity contribution in [1.29, 1.82) is 0 Å². The lowest BCUT2D eigenvalue weighted by Crippen LogP contribution is -2.46. The molecule has 0 radical (unpaired) electrons. The number of nitrogens with zero attached hydrogens (tertiary/aromatic N) is 6. The molecule has 0 bridgehead atoms. The number of fused-ring (bicyclic) bond motifs is 1. The SMILES string of the molecule is CS(=O)(=O)N1CC[C@@H](C=Nc2ncc(Cl)c(-c3cc(F)c4ncn(C5CCOC5)c4c3)n2)[C@H](O)C1. The van der Waals surface area contributed by atoms with Crippen LogP contribution in [0.4, 0.5) is 10.3 Å². The summed E-state index contributed by atoms with van der Waals surface area (Å²) < 4.78 is 47.0. The Morgan fingerprint density at radius 1 is 1.31 bits per heavy atom. The van der Waals surface area contributed by atoms with E-state index in [0.29, 0.717) is 36.4 Å². The second kappa shape index (κ2) is 9.51. The Morgan fingerprint density at radius 2 is 2.14 bits per heavy atom. The Bertz CT molecular complexity index is 1390. The molecule has 35 heavy (non-hydrogen) atoms. The van der Waals surface area contributed by atoms with Crippen molar-refractivity contribution < 1.29 is 22.7 Å². The second-order valence-electron chi connectivity index (χ2n) is 8.78. The summed E-state index contributed by atoms with van der Waals surface area (Å²) in [5, 5.41) is 10.6. The summed E-state index contributed by atoms with van der Waals surface area (Å²) in [4.78, 5) is 17.1. The van der Waals surface area contributed by atoms with Crippen LogP contribution in [0.1, 0.15) is 18.9 Å². The highest BCUT2D eigenvalue weighted by atomic mass is 35.5. The fourth-order valence-corrected chi connectivity index (χ4v) is 5.50. The number of piperidine rings is 1. The van der Waals surface area contributed by atoms with Gasteiger partial charge in [-0.3, -0.25) is 0 Å². The van der Waals surface area contributed by atoms with Crippen LogP contribution in [0.3, 0.4) is 0 Å². The van der Waals surface area contributed by atoms with Crippen LogP contribution in [0.25, 0.3) is 22.3 Å². The highest BCUT2D eigenvalue weighted by Crippen LogP contribution is 2.33. The van der Waals surface area contributed by atoms with E-state index in [1.807, 2.05) is 4.57 Å². The number of halogens is 2. The number of sulfonamides is 1. The average molecular weight is 523 g/mol. The molecule has 10 nitrogen and oxygen atoms in total. The number of β-amino-alcohol motifs (C(OH)–C–C–N with tert-alkyl or cyclic N) is 1. The molecule has 3 atom stereocenters. The number of hydrogen-bond donors (Lipinski definition) is 1. The van der Waals surface area contributed by atoms with Crippen LogP contribution >= 0.6 is 11.6 Å². The summed E-state index contributed by atoms with van der Waals surface area (Å²) in [5.41, 5.74) is 1.66. The molecule has 2 aliphatic heterocycles. The molecule has 2 aliphatic rings. The topological polar surface area (TPSA) is 123 Å². The number of aromatic nitrogens is 4. The number of benzene rings is 1. The monoisotopic (exact) mass is 522 g/mol. The van der Waals surface area contributed by atoms with E-state index in [1.54, 1.807) is 12.4 Å². The highest BCUT2D eigenvalue weighted by molar-refractivity contribution is 7.88. The van der Waals surface area contributed by atoms with Crippen molar-refractivity contribution in [3.63, 3.8) is 0 Å². The third-order valence-electron chi connectivity index (χ3n) is 6.38. The molecule has 1 N–H and O–H groups in total. The number of ether oxygens (including phenoxy) is 1. The minimum Gasteiger partial charge on any atom is -0.391 e. The van der Waals surface area contributed by atoms with Crippen molar-refractivity contribution in [3.8, 4) is 11.3 Å². The van der Waals surface area contributed by atoms with Gasteiger partial charge in [-0.15, -0.1) is 0 Å². The van der Waals surface area contributed by atoms with Gasteiger partial charge >= 0.3 is 0 Å². The van der Waals surface area contributed by atoms with E-state index in [1.165, 1.54) is 22.8 Å². The van der Waals surface area contributed by atoms with Crippen LogP contribution < -0.4 is 0 Å². The Morgan fingerprint density at radius 3 is 2.86 bits per heavy atom. The summed E-state index contributed by atoms with van der Waals surface area (Å²) >= 11 is 6.36. The maximum atomic E-state index is 14.9. The first kappa shape index (κ1) is 24.2. The molecule has 3 aromatic rings. The zero-order valence-electron chi connectivity index (χ0n) is 18.9. The van der Waals surface area contributed by atoms with Gasteiger partial charge in [0.2, 0.25) is 16.0 Å². The molecule has 13 heteroatoms. The van der Waals surface area contributed by atoms with E-state index in [-0.39, 0.29) is 41.5 Å². The number of aliphatic hydroxyl groups is 1. The van der Waals surface area contributed by atoms with Crippen molar-refractivity contribution in [2.24, 2.45) is 10.9 Å². The number of aliphatic hydroxyl groups excluding tert-OH is 1. The van der Waals surface area contributed by atoms with Crippen molar-refractivity contribution in [1.82, 2.24) is 23.8 Å². The van der Waals surface area contributed by atoms with Crippen LogP contribution in [-0.4, -0.2) is 82.2 Å².